The van der Waals surface area contributed by atoms with Gasteiger partial charge in [-0.05, 0) is 40.3 Å². The minimum Gasteiger partial charge on any atom is -0.480 e. The Balaban J connectivity index is 2.43. The molecule has 0 heterocycles. The molecular weight excluding hydrogens is 309 g/mol. The molecule has 1 aromatic carbocycles. The Hall–Kier alpha value is -0.660. The van der Waals surface area contributed by atoms with E-state index in [1.54, 1.807) is 0 Å². The van der Waals surface area contributed by atoms with Gasteiger partial charge in [0, 0.05) is 3.57 Å². The molecule has 0 aliphatic rings. The number of hydrogen-bond acceptors (Lipinski definition) is 3. The van der Waals surface area contributed by atoms with Crippen molar-refractivity contribution < 1.29 is 14.6 Å². The molecule has 0 radical (unpaired) electrons. The molecule has 3 N–H and O–H groups in total. The minimum atomic E-state index is -0.982. The summed E-state index contributed by atoms with van der Waals surface area (Å²) in [4.78, 5) is 10.2. The molecule has 0 spiro atoms. The summed E-state index contributed by atoms with van der Waals surface area (Å²) in [5, 5.41) is 8.37. The summed E-state index contributed by atoms with van der Waals surface area (Å²) >= 11 is 2.21. The summed E-state index contributed by atoms with van der Waals surface area (Å²) in [6.45, 7) is -0.0923. The van der Waals surface area contributed by atoms with Crippen LogP contribution in [0.15, 0.2) is 24.3 Å². The van der Waals surface area contributed by atoms with Crippen LogP contribution in [0.1, 0.15) is 11.6 Å². The summed E-state index contributed by atoms with van der Waals surface area (Å²) in [7, 11) is 0. The molecule has 1 atom stereocenters. The Kier molecular flexibility index (Phi) is 5.00. The van der Waals surface area contributed by atoms with Crippen LogP contribution in [0.5, 0.6) is 0 Å². The Morgan fingerprint density at radius 2 is 2.07 bits per heavy atom. The molecular formula is C10H12INO3. The summed E-state index contributed by atoms with van der Waals surface area (Å²) in [5.74, 6) is -0.982. The lowest BCUT2D eigenvalue weighted by molar-refractivity contribution is -0.142. The van der Waals surface area contributed by atoms with Gasteiger partial charge in [-0.15, -0.1) is 0 Å². The third kappa shape index (κ3) is 4.59. The third-order valence-corrected chi connectivity index (χ3v) is 2.54. The molecule has 15 heavy (non-hydrogen) atoms. The zero-order valence-electron chi connectivity index (χ0n) is 8.02. The van der Waals surface area contributed by atoms with E-state index in [-0.39, 0.29) is 19.3 Å². The first-order valence-electron chi connectivity index (χ1n) is 4.40. The molecule has 0 saturated heterocycles. The molecule has 1 unspecified atom stereocenters. The van der Waals surface area contributed by atoms with Crippen LogP contribution in [0.3, 0.4) is 0 Å². The maximum Gasteiger partial charge on any atom is 0.329 e. The second-order valence-electron chi connectivity index (χ2n) is 3.07. The predicted molar refractivity (Wildman–Crippen MR) is 64.5 cm³/mol. The maximum absolute atomic E-state index is 10.2. The van der Waals surface area contributed by atoms with E-state index in [0.717, 1.165) is 9.13 Å². The Morgan fingerprint density at radius 1 is 1.47 bits per heavy atom. The number of nitrogens with two attached hydrogens (primary N) is 1. The molecule has 0 saturated carbocycles. The first-order valence-corrected chi connectivity index (χ1v) is 5.48. The number of ether oxygens (including phenoxy) is 1. The lowest BCUT2D eigenvalue weighted by Crippen LogP contribution is -2.19. The zero-order chi connectivity index (χ0) is 11.3. The van der Waals surface area contributed by atoms with Crippen LogP contribution in [0.4, 0.5) is 0 Å². The highest BCUT2D eigenvalue weighted by molar-refractivity contribution is 14.1. The molecule has 82 valence electrons. The van der Waals surface area contributed by atoms with E-state index in [9.17, 15) is 4.79 Å². The van der Waals surface area contributed by atoms with Gasteiger partial charge in [-0.25, -0.2) is 4.79 Å². The molecule has 5 heteroatoms. The highest BCUT2D eigenvalue weighted by Crippen LogP contribution is 2.13. The average Bonchev–Trinajstić information content (AvgIpc) is 2.18. The average molecular weight is 321 g/mol. The fraction of sp³-hybridized carbons (Fsp3) is 0.300. The van der Waals surface area contributed by atoms with Gasteiger partial charge in [-0.3, -0.25) is 0 Å². The van der Waals surface area contributed by atoms with E-state index in [0.29, 0.717) is 0 Å². The molecule has 1 rings (SSSR count). The Labute approximate surface area is 102 Å². The number of benzene rings is 1. The van der Waals surface area contributed by atoms with Crippen LogP contribution in [0.2, 0.25) is 0 Å². The van der Waals surface area contributed by atoms with E-state index in [4.69, 9.17) is 15.6 Å². The van der Waals surface area contributed by atoms with Gasteiger partial charge >= 0.3 is 5.97 Å². The lowest BCUT2D eigenvalue weighted by Gasteiger charge is -2.11. The fourth-order valence-electron chi connectivity index (χ4n) is 1.08. The van der Waals surface area contributed by atoms with E-state index < -0.39 is 5.97 Å². The van der Waals surface area contributed by atoms with Crippen molar-refractivity contribution in [2.24, 2.45) is 5.73 Å². The maximum atomic E-state index is 10.2. The minimum absolute atomic E-state index is 0.215. The highest BCUT2D eigenvalue weighted by Gasteiger charge is 2.06. The first kappa shape index (κ1) is 12.4. The molecule has 1 aromatic rings. The highest BCUT2D eigenvalue weighted by atomic mass is 127. The van der Waals surface area contributed by atoms with Crippen LogP contribution in [0.25, 0.3) is 0 Å². The normalized spacial score (nSPS) is 12.4. The molecule has 0 aliphatic heterocycles. The van der Waals surface area contributed by atoms with Crippen LogP contribution >= 0.6 is 22.6 Å². The van der Waals surface area contributed by atoms with E-state index in [1.807, 2.05) is 24.3 Å². The number of rotatable bonds is 5. The SMILES string of the molecule is NC(COCC(=O)O)c1ccc(I)cc1. The number of carboxylic acids is 1. The van der Waals surface area contributed by atoms with Gasteiger partial charge in [-0.2, -0.15) is 0 Å². The third-order valence-electron chi connectivity index (χ3n) is 1.82. The zero-order valence-corrected chi connectivity index (χ0v) is 10.2. The second kappa shape index (κ2) is 6.04. The number of aliphatic carboxylic acids is 1. The number of carboxylic acid groups (broad SMARTS) is 1. The van der Waals surface area contributed by atoms with Crippen LogP contribution in [-0.2, 0) is 9.53 Å². The second-order valence-corrected chi connectivity index (χ2v) is 4.31. The van der Waals surface area contributed by atoms with Gasteiger partial charge in [0.2, 0.25) is 0 Å². The lowest BCUT2D eigenvalue weighted by atomic mass is 10.1. The van der Waals surface area contributed by atoms with Gasteiger partial charge in [0.05, 0.1) is 12.6 Å². The standard InChI is InChI=1S/C10H12INO3/c11-8-3-1-7(2-4-8)9(12)5-15-6-10(13)14/h1-4,9H,5-6,12H2,(H,13,14). The summed E-state index contributed by atoms with van der Waals surface area (Å²) in [5.41, 5.74) is 6.76. The van der Waals surface area contributed by atoms with Crippen molar-refractivity contribution >= 4 is 28.6 Å². The molecule has 0 amide bonds. The largest absolute Gasteiger partial charge is 0.480 e. The number of halogens is 1. The molecule has 0 aliphatic carbocycles. The number of carbonyl (C=O) groups is 1. The predicted octanol–water partition coefficient (Wildman–Crippen LogP) is 1.39. The smallest absolute Gasteiger partial charge is 0.329 e. The molecule has 0 fully saturated rings. The Morgan fingerprint density at radius 3 is 2.60 bits per heavy atom. The van der Waals surface area contributed by atoms with E-state index >= 15 is 0 Å². The monoisotopic (exact) mass is 321 g/mol. The van der Waals surface area contributed by atoms with Crippen LogP contribution in [0, 0.1) is 3.57 Å². The van der Waals surface area contributed by atoms with E-state index in [1.165, 1.54) is 0 Å². The molecule has 0 bridgehead atoms. The van der Waals surface area contributed by atoms with E-state index in [2.05, 4.69) is 22.6 Å². The fourth-order valence-corrected chi connectivity index (χ4v) is 1.44. The van der Waals surface area contributed by atoms with Gasteiger partial charge in [0.1, 0.15) is 6.61 Å². The Bertz CT molecular complexity index is 326. The van der Waals surface area contributed by atoms with Crippen molar-refractivity contribution in [2.45, 2.75) is 6.04 Å². The first-order chi connectivity index (χ1) is 7.09. The van der Waals surface area contributed by atoms with Crippen molar-refractivity contribution in [1.29, 1.82) is 0 Å². The van der Waals surface area contributed by atoms with Crippen molar-refractivity contribution in [1.82, 2.24) is 0 Å². The molecule has 4 nitrogen and oxygen atoms in total. The van der Waals surface area contributed by atoms with Crippen molar-refractivity contribution in [3.63, 3.8) is 0 Å². The van der Waals surface area contributed by atoms with Crippen LogP contribution in [-0.4, -0.2) is 24.3 Å². The van der Waals surface area contributed by atoms with Gasteiger partial charge in [-0.1, -0.05) is 12.1 Å². The van der Waals surface area contributed by atoms with Crippen molar-refractivity contribution in [3.05, 3.63) is 33.4 Å². The quantitative estimate of drug-likeness (QED) is 0.804. The number of hydrogen-bond donors (Lipinski definition) is 2. The van der Waals surface area contributed by atoms with Crippen molar-refractivity contribution in [3.8, 4) is 0 Å². The molecule has 0 aromatic heterocycles. The summed E-state index contributed by atoms with van der Waals surface area (Å²) in [6.07, 6.45) is 0. The van der Waals surface area contributed by atoms with Gasteiger partial charge in [0.25, 0.3) is 0 Å². The van der Waals surface area contributed by atoms with Crippen LogP contribution < -0.4 is 5.73 Å². The summed E-state index contributed by atoms with van der Waals surface area (Å²) in [6, 6.07) is 7.45. The summed E-state index contributed by atoms with van der Waals surface area (Å²) < 4.78 is 6.05. The topological polar surface area (TPSA) is 72.5 Å². The van der Waals surface area contributed by atoms with Gasteiger partial charge in [0.15, 0.2) is 0 Å². The van der Waals surface area contributed by atoms with Gasteiger partial charge < -0.3 is 15.6 Å². The van der Waals surface area contributed by atoms with Crippen molar-refractivity contribution in [2.75, 3.05) is 13.2 Å².